The molecule has 1 fully saturated rings. The Kier molecular flexibility index (Phi) is 4.69. The Hall–Kier alpha value is 0.390. The molecule has 1 saturated heterocycles. The average molecular weight is 285 g/mol. The fourth-order valence-corrected chi connectivity index (χ4v) is 2.75. The van der Waals surface area contributed by atoms with E-state index in [4.69, 9.17) is 4.74 Å². The molecule has 1 aliphatic rings. The number of nitrogens with one attached hydrogen (secondary N) is 1. The quantitative estimate of drug-likeness (QED) is 0.856. The molecule has 13 heavy (non-hydrogen) atoms. The van der Waals surface area contributed by atoms with Crippen molar-refractivity contribution in [1.82, 2.24) is 5.32 Å². The van der Waals surface area contributed by atoms with Crippen molar-refractivity contribution in [3.8, 4) is 0 Å². The first-order valence-electron chi connectivity index (χ1n) is 3.92. The largest absolute Gasteiger partial charge is 0.378 e. The number of hydrogen-bond donors (Lipinski definition) is 1. The lowest BCUT2D eigenvalue weighted by molar-refractivity contribution is 0.0779. The Labute approximate surface area is 96.2 Å². The van der Waals surface area contributed by atoms with Crippen LogP contribution in [0.2, 0.25) is 0 Å². The van der Waals surface area contributed by atoms with Gasteiger partial charge in [-0.05, 0) is 28.1 Å². The molecular formula is C8H11BrClNOS. The summed E-state index contributed by atoms with van der Waals surface area (Å²) in [4.78, 5) is 1.35. The molecule has 1 atom stereocenters. The summed E-state index contributed by atoms with van der Waals surface area (Å²) < 4.78 is 6.56. The standard InChI is InChI=1S/C8H10BrNOS.ClH/c9-8-2-1-7(12-8)6-5-11-4-3-10-6;/h1-2,6,10H,3-5H2;1H/t6-;/m1./s1. The van der Waals surface area contributed by atoms with Gasteiger partial charge in [0.2, 0.25) is 0 Å². The van der Waals surface area contributed by atoms with Gasteiger partial charge >= 0.3 is 0 Å². The van der Waals surface area contributed by atoms with Crippen LogP contribution in [0.5, 0.6) is 0 Å². The summed E-state index contributed by atoms with van der Waals surface area (Å²) in [6.45, 7) is 2.59. The SMILES string of the molecule is Brc1ccc([C@H]2COCCN2)s1.Cl. The third-order valence-electron chi connectivity index (χ3n) is 1.86. The molecule has 2 heterocycles. The third kappa shape index (κ3) is 2.92. The summed E-state index contributed by atoms with van der Waals surface area (Å²) in [5.41, 5.74) is 0. The van der Waals surface area contributed by atoms with Crippen LogP contribution in [0.1, 0.15) is 10.9 Å². The molecule has 1 aromatic rings. The predicted molar refractivity (Wildman–Crippen MR) is 60.8 cm³/mol. The first-order chi connectivity index (χ1) is 5.86. The fourth-order valence-electron chi connectivity index (χ4n) is 1.26. The zero-order chi connectivity index (χ0) is 8.39. The van der Waals surface area contributed by atoms with Crippen LogP contribution in [0, 0.1) is 0 Å². The molecular weight excluding hydrogens is 274 g/mol. The molecule has 2 nitrogen and oxygen atoms in total. The molecule has 0 amide bonds. The molecule has 2 rings (SSSR count). The van der Waals surface area contributed by atoms with Gasteiger partial charge in [0.15, 0.2) is 0 Å². The Balaban J connectivity index is 0.000000845. The number of hydrogen-bond acceptors (Lipinski definition) is 3. The van der Waals surface area contributed by atoms with Crippen molar-refractivity contribution >= 4 is 39.7 Å². The molecule has 5 heteroatoms. The summed E-state index contributed by atoms with van der Waals surface area (Å²) in [7, 11) is 0. The van der Waals surface area contributed by atoms with E-state index >= 15 is 0 Å². The second kappa shape index (κ2) is 5.32. The van der Waals surface area contributed by atoms with E-state index in [9.17, 15) is 0 Å². The van der Waals surface area contributed by atoms with E-state index in [0.717, 1.165) is 19.8 Å². The maximum absolute atomic E-state index is 5.37. The van der Waals surface area contributed by atoms with Crippen LogP contribution >= 0.6 is 39.7 Å². The maximum Gasteiger partial charge on any atom is 0.0702 e. The second-order valence-electron chi connectivity index (χ2n) is 2.72. The van der Waals surface area contributed by atoms with Gasteiger partial charge in [-0.3, -0.25) is 0 Å². The summed E-state index contributed by atoms with van der Waals surface area (Å²) in [5, 5.41) is 3.41. The lowest BCUT2D eigenvalue weighted by atomic mass is 10.2. The second-order valence-corrected chi connectivity index (χ2v) is 5.22. The van der Waals surface area contributed by atoms with Gasteiger partial charge in [-0.2, -0.15) is 0 Å². The smallest absolute Gasteiger partial charge is 0.0702 e. The lowest BCUT2D eigenvalue weighted by Gasteiger charge is -2.22. The summed E-state index contributed by atoms with van der Waals surface area (Å²) in [6, 6.07) is 4.62. The molecule has 1 aromatic heterocycles. The minimum absolute atomic E-state index is 0. The summed E-state index contributed by atoms with van der Waals surface area (Å²) in [6.07, 6.45) is 0. The Morgan fingerprint density at radius 2 is 2.38 bits per heavy atom. The molecule has 0 aromatic carbocycles. The van der Waals surface area contributed by atoms with Crippen molar-refractivity contribution in [1.29, 1.82) is 0 Å². The van der Waals surface area contributed by atoms with Crippen LogP contribution in [0.25, 0.3) is 0 Å². The van der Waals surface area contributed by atoms with E-state index in [1.807, 2.05) is 0 Å². The molecule has 0 radical (unpaired) electrons. The highest BCUT2D eigenvalue weighted by molar-refractivity contribution is 9.11. The molecule has 74 valence electrons. The minimum Gasteiger partial charge on any atom is -0.378 e. The number of halogens is 2. The topological polar surface area (TPSA) is 21.3 Å². The number of thiophene rings is 1. The highest BCUT2D eigenvalue weighted by Gasteiger charge is 2.16. The van der Waals surface area contributed by atoms with Crippen LogP contribution in [0.3, 0.4) is 0 Å². The van der Waals surface area contributed by atoms with Crippen molar-refractivity contribution in [2.24, 2.45) is 0 Å². The number of morpholine rings is 1. The van der Waals surface area contributed by atoms with E-state index < -0.39 is 0 Å². The van der Waals surface area contributed by atoms with Gasteiger partial charge in [0.1, 0.15) is 0 Å². The van der Waals surface area contributed by atoms with Crippen LogP contribution < -0.4 is 5.32 Å². The lowest BCUT2D eigenvalue weighted by Crippen LogP contribution is -2.33. The van der Waals surface area contributed by atoms with Gasteiger partial charge in [0.05, 0.1) is 23.0 Å². The average Bonchev–Trinajstić information content (AvgIpc) is 2.54. The first kappa shape index (κ1) is 11.5. The normalized spacial score (nSPS) is 22.4. The Morgan fingerprint density at radius 3 is 2.92 bits per heavy atom. The minimum atomic E-state index is 0. The van der Waals surface area contributed by atoms with E-state index in [1.165, 1.54) is 8.66 Å². The predicted octanol–water partition coefficient (Wildman–Crippen LogP) is 2.59. The Morgan fingerprint density at radius 1 is 1.54 bits per heavy atom. The van der Waals surface area contributed by atoms with Gasteiger partial charge in [-0.15, -0.1) is 23.7 Å². The summed E-state index contributed by atoms with van der Waals surface area (Å²) >= 11 is 5.22. The van der Waals surface area contributed by atoms with Crippen LogP contribution in [0.15, 0.2) is 15.9 Å². The van der Waals surface area contributed by atoms with Gasteiger partial charge in [-0.1, -0.05) is 0 Å². The van der Waals surface area contributed by atoms with Crippen molar-refractivity contribution in [3.63, 3.8) is 0 Å². The fraction of sp³-hybridized carbons (Fsp3) is 0.500. The van der Waals surface area contributed by atoms with Crippen LogP contribution in [-0.4, -0.2) is 19.8 Å². The molecule has 1 N–H and O–H groups in total. The molecule has 0 spiro atoms. The number of rotatable bonds is 1. The van der Waals surface area contributed by atoms with E-state index in [-0.39, 0.29) is 12.4 Å². The van der Waals surface area contributed by atoms with Crippen molar-refractivity contribution in [2.75, 3.05) is 19.8 Å². The van der Waals surface area contributed by atoms with Crippen molar-refractivity contribution in [3.05, 3.63) is 20.8 Å². The zero-order valence-electron chi connectivity index (χ0n) is 6.96. The molecule has 0 bridgehead atoms. The summed E-state index contributed by atoms with van der Waals surface area (Å²) in [5.74, 6) is 0. The molecule has 0 unspecified atom stereocenters. The highest BCUT2D eigenvalue weighted by Crippen LogP contribution is 2.28. The van der Waals surface area contributed by atoms with E-state index in [2.05, 4.69) is 33.4 Å². The zero-order valence-corrected chi connectivity index (χ0v) is 10.2. The van der Waals surface area contributed by atoms with Gasteiger partial charge in [0, 0.05) is 11.4 Å². The first-order valence-corrected chi connectivity index (χ1v) is 5.53. The molecule has 0 saturated carbocycles. The molecule has 0 aliphatic carbocycles. The van der Waals surface area contributed by atoms with Crippen LogP contribution in [0.4, 0.5) is 0 Å². The van der Waals surface area contributed by atoms with Crippen molar-refractivity contribution < 1.29 is 4.74 Å². The Bertz CT molecular complexity index is 262. The van der Waals surface area contributed by atoms with Gasteiger partial charge in [0.25, 0.3) is 0 Å². The van der Waals surface area contributed by atoms with Gasteiger partial charge in [-0.25, -0.2) is 0 Å². The van der Waals surface area contributed by atoms with E-state index in [1.54, 1.807) is 11.3 Å². The molecule has 1 aliphatic heterocycles. The highest BCUT2D eigenvalue weighted by atomic mass is 79.9. The third-order valence-corrected chi connectivity index (χ3v) is 3.60. The monoisotopic (exact) mass is 283 g/mol. The van der Waals surface area contributed by atoms with Crippen molar-refractivity contribution in [2.45, 2.75) is 6.04 Å². The maximum atomic E-state index is 5.37. The van der Waals surface area contributed by atoms with Gasteiger partial charge < -0.3 is 10.1 Å². The van der Waals surface area contributed by atoms with E-state index in [0.29, 0.717) is 6.04 Å². The number of ether oxygens (including phenoxy) is 1. The van der Waals surface area contributed by atoms with Crippen LogP contribution in [-0.2, 0) is 4.74 Å².